The second-order valence-electron chi connectivity index (χ2n) is 31.6. The summed E-state index contributed by atoms with van der Waals surface area (Å²) < 4.78 is 0. The monoisotopic (exact) mass is 1800 g/mol. The lowest BCUT2D eigenvalue weighted by molar-refractivity contribution is -0.143. The van der Waals surface area contributed by atoms with Crippen molar-refractivity contribution in [1.29, 1.82) is 5.41 Å². The van der Waals surface area contributed by atoms with Crippen molar-refractivity contribution in [1.82, 2.24) is 85.1 Å². The third kappa shape index (κ3) is 44.0. The van der Waals surface area contributed by atoms with Crippen LogP contribution < -0.4 is 119 Å². The number of hydrogen-bond acceptors (Lipinski definition) is 26. The van der Waals surface area contributed by atoms with Gasteiger partial charge < -0.3 is 145 Å². The molecule has 1 aromatic carbocycles. The molecule has 18 atom stereocenters. The maximum atomic E-state index is 14.7. The number of aliphatic carboxylic acids is 3. The highest BCUT2D eigenvalue weighted by atomic mass is 16.4. The van der Waals surface area contributed by atoms with E-state index in [2.05, 4.69) is 85.1 Å². The number of guanidine groups is 1. The van der Waals surface area contributed by atoms with Gasteiger partial charge in [-0.2, -0.15) is 0 Å². The molecular weight excluding hydrogens is 1670 g/mol. The number of unbranched alkanes of at least 4 members (excludes halogenated alkanes) is 1. The van der Waals surface area contributed by atoms with Gasteiger partial charge in [-0.25, -0.2) is 4.79 Å². The summed E-state index contributed by atoms with van der Waals surface area (Å²) in [6.45, 7) is 15.7. The Labute approximate surface area is 733 Å². The molecule has 0 aliphatic heterocycles. The highest BCUT2D eigenvalue weighted by Crippen LogP contribution is 2.17. The van der Waals surface area contributed by atoms with E-state index in [-0.39, 0.29) is 63.8 Å². The van der Waals surface area contributed by atoms with E-state index in [9.17, 15) is 126 Å². The van der Waals surface area contributed by atoms with Crippen molar-refractivity contribution in [2.75, 3.05) is 13.1 Å². The summed E-state index contributed by atoms with van der Waals surface area (Å²) in [5, 5.41) is 95.4. The molecule has 0 aromatic heterocycles. The van der Waals surface area contributed by atoms with Gasteiger partial charge in [-0.15, -0.1) is 0 Å². The number of aromatic hydroxyl groups is 1. The molecular formula is C78H129N23O26. The number of benzene rings is 1. The number of carboxylic acids is 3. The molecule has 1 aromatic rings. The van der Waals surface area contributed by atoms with Crippen LogP contribution in [0.3, 0.4) is 0 Å². The van der Waals surface area contributed by atoms with Gasteiger partial charge >= 0.3 is 17.9 Å². The van der Waals surface area contributed by atoms with E-state index < -0.39 is 302 Å². The SMILES string of the molecule is CC[C@H](C)[C@H](NC(=O)[C@H](CC(C)C)NC(=O)[C@H](CC(=O)O)NC(=O)[C@H](C)NC(=O)[C@H](CCCNC(=N)N)NC(=O)[C@H](CCC(=O)O)NC(=O)[C@H](CC(N)=O)NC(=O)[C@H](C)N)C(=O)N[C@@H](C)C(=O)N[C@@H](Cc1ccc(O)cc1)C(=O)N[C@@H](CC(C)C)C(=O)N[C@@H](CCC(N)=O)C(=O)N[C@@H](CCC(N)=O)C(=O)N[C@@H](C)C(=O)N[C@H](C(=O)N[C@@H](CCCCN)C(=O)O)[C@@H](C)O. The number of carbonyl (C=O) groups is 21. The number of rotatable bonds is 61. The van der Waals surface area contributed by atoms with Crippen molar-refractivity contribution in [3.05, 3.63) is 29.8 Å². The summed E-state index contributed by atoms with van der Waals surface area (Å²) in [5.41, 5.74) is 33.0. The number of aliphatic hydroxyl groups excluding tert-OH is 1. The van der Waals surface area contributed by atoms with Crippen LogP contribution in [0, 0.1) is 23.2 Å². The largest absolute Gasteiger partial charge is 0.508 e. The molecule has 18 amide bonds. The van der Waals surface area contributed by atoms with E-state index in [1.165, 1.54) is 38.1 Å². The Kier molecular flexibility index (Phi) is 50.1. The van der Waals surface area contributed by atoms with Crippen molar-refractivity contribution in [2.24, 2.45) is 52.2 Å². The summed E-state index contributed by atoms with van der Waals surface area (Å²) in [6.07, 6.45) is -7.41. The van der Waals surface area contributed by atoms with Crippen molar-refractivity contribution in [3.63, 3.8) is 0 Å². The zero-order valence-corrected chi connectivity index (χ0v) is 73.1. The van der Waals surface area contributed by atoms with Crippen molar-refractivity contribution >= 4 is 130 Å². The predicted molar refractivity (Wildman–Crippen MR) is 451 cm³/mol. The lowest BCUT2D eigenvalue weighted by atomic mass is 9.96. The zero-order chi connectivity index (χ0) is 97.0. The number of phenolic OH excluding ortho intramolecular Hbond substituents is 1. The van der Waals surface area contributed by atoms with E-state index in [0.29, 0.717) is 18.4 Å². The van der Waals surface area contributed by atoms with Gasteiger partial charge in [0.15, 0.2) is 5.96 Å². The van der Waals surface area contributed by atoms with Crippen LogP contribution in [0.2, 0.25) is 0 Å². The van der Waals surface area contributed by atoms with Crippen LogP contribution in [0.15, 0.2) is 24.3 Å². The third-order valence-electron chi connectivity index (χ3n) is 19.3. The first-order valence-corrected chi connectivity index (χ1v) is 41.3. The lowest BCUT2D eigenvalue weighted by Gasteiger charge is -2.29. The number of carbonyl (C=O) groups excluding carboxylic acids is 18. The first-order valence-electron chi connectivity index (χ1n) is 41.3. The second-order valence-corrected chi connectivity index (χ2v) is 31.6. The number of nitrogens with one attached hydrogen (secondary N) is 17. The van der Waals surface area contributed by atoms with E-state index in [4.69, 9.17) is 39.8 Å². The van der Waals surface area contributed by atoms with Gasteiger partial charge in [-0.1, -0.05) is 60.1 Å². The number of nitrogens with two attached hydrogens (primary N) is 6. The minimum atomic E-state index is -2.01. The molecule has 34 N–H and O–H groups in total. The Bertz CT molecular complexity index is 4000. The van der Waals surface area contributed by atoms with Crippen molar-refractivity contribution in [3.8, 4) is 5.75 Å². The van der Waals surface area contributed by atoms with Gasteiger partial charge in [-0.05, 0) is 141 Å². The Morgan fingerprint density at radius 2 is 0.717 bits per heavy atom. The average Bonchev–Trinajstić information content (AvgIpc) is 0.830. The maximum absolute atomic E-state index is 14.7. The molecule has 49 nitrogen and oxygen atoms in total. The van der Waals surface area contributed by atoms with E-state index >= 15 is 0 Å². The summed E-state index contributed by atoms with van der Waals surface area (Å²) >= 11 is 0. The third-order valence-corrected chi connectivity index (χ3v) is 19.3. The van der Waals surface area contributed by atoms with Crippen LogP contribution in [0.1, 0.15) is 184 Å². The van der Waals surface area contributed by atoms with Crippen LogP contribution in [0.5, 0.6) is 5.75 Å². The number of carboxylic acid groups (broad SMARTS) is 3. The first kappa shape index (κ1) is 112. The van der Waals surface area contributed by atoms with E-state index in [0.717, 1.165) is 20.8 Å². The predicted octanol–water partition coefficient (Wildman–Crippen LogP) is -8.64. The minimum Gasteiger partial charge on any atom is -0.508 e. The topological polar surface area (TPSA) is 832 Å². The number of amides is 18. The number of aliphatic hydroxyl groups is 1. The van der Waals surface area contributed by atoms with Crippen LogP contribution in [-0.4, -0.2) is 272 Å². The molecule has 0 aliphatic carbocycles. The van der Waals surface area contributed by atoms with Crippen LogP contribution in [0.25, 0.3) is 0 Å². The fourth-order valence-electron chi connectivity index (χ4n) is 12.0. The van der Waals surface area contributed by atoms with Gasteiger partial charge in [0.1, 0.15) is 96.4 Å². The molecule has 0 saturated heterocycles. The smallest absolute Gasteiger partial charge is 0.326 e. The molecule has 0 heterocycles. The Balaban J connectivity index is 3.67. The molecule has 712 valence electrons. The Hall–Kier alpha value is -13.0. The molecule has 127 heavy (non-hydrogen) atoms. The van der Waals surface area contributed by atoms with Crippen LogP contribution in [-0.2, 0) is 107 Å². The van der Waals surface area contributed by atoms with Gasteiger partial charge in [0, 0.05) is 32.2 Å². The molecule has 0 saturated carbocycles. The zero-order valence-electron chi connectivity index (χ0n) is 73.1. The van der Waals surface area contributed by atoms with Gasteiger partial charge in [-0.3, -0.25) is 101 Å². The fraction of sp³-hybridized carbons (Fsp3) is 0.641. The molecule has 0 radical (unpaired) electrons. The van der Waals surface area contributed by atoms with Crippen molar-refractivity contribution in [2.45, 2.75) is 288 Å². The summed E-state index contributed by atoms with van der Waals surface area (Å²) in [6, 6.07) is -20.9. The Morgan fingerprint density at radius 3 is 1.12 bits per heavy atom. The normalized spacial score (nSPS) is 15.3. The standard InChI is InChI=1S/C78H129N23O26/c1-12-37(6)60(100-74(123)51(31-36(4)5)99-73(122)54(34-59(109)110)97-63(112)39(8)87-66(115)45(17-15-29-86-78(84)85)90-69(118)48(24-27-58(107)108)93-72(121)53(33-57(83)106)95-62(111)38(7)80)75(124)89-40(9)64(113)96-52(32-43-18-20-44(103)21-19-43)71(120)98-50(30-35(2)3)70(119)92-47(23-26-56(82)105)68(117)91-46(22-25-55(81)104)67(116)88-41(10)65(114)101-61(42(11)102)76(125)94-49(77(126)127)16-13-14-28-79/h18-21,35-42,45-54,60-61,102-103H,12-17,22-34,79-80H2,1-11H3,(H2,81,104)(H2,82,105)(H2,83,106)(H,87,115)(H,88,116)(H,89,124)(H,90,118)(H,91,117)(H,92,119)(H,93,121)(H,94,125)(H,95,111)(H,96,113)(H,97,112)(H,98,120)(H,99,122)(H,100,123)(H,101,114)(H,107,108)(H,109,110)(H,126,127)(H4,84,85,86)/t37-,38-,39-,40-,41-,42+,45-,46-,47-,48-,49-,50-,51-,52-,53-,54-,60-,61-/m0/s1. The molecule has 49 heteroatoms. The minimum absolute atomic E-state index is 0.0421. The van der Waals surface area contributed by atoms with Gasteiger partial charge in [0.05, 0.1) is 25.0 Å². The molecule has 0 unspecified atom stereocenters. The van der Waals surface area contributed by atoms with E-state index in [1.54, 1.807) is 41.5 Å². The second kappa shape index (κ2) is 56.8. The van der Waals surface area contributed by atoms with Crippen molar-refractivity contribution < 1.29 is 126 Å². The quantitative estimate of drug-likeness (QED) is 0.0164. The molecule has 0 bridgehead atoms. The van der Waals surface area contributed by atoms with E-state index in [1.807, 2.05) is 0 Å². The van der Waals surface area contributed by atoms with Crippen LogP contribution >= 0.6 is 0 Å². The van der Waals surface area contributed by atoms with Crippen LogP contribution in [0.4, 0.5) is 0 Å². The summed E-state index contributed by atoms with van der Waals surface area (Å²) in [5.74, 6) is -26.4. The van der Waals surface area contributed by atoms with Gasteiger partial charge in [0.25, 0.3) is 0 Å². The van der Waals surface area contributed by atoms with Gasteiger partial charge in [0.2, 0.25) is 106 Å². The lowest BCUT2D eigenvalue weighted by Crippen LogP contribution is -2.61. The molecule has 0 aliphatic rings. The number of primary amides is 3. The number of hydrogen-bond donors (Lipinski definition) is 28. The first-order chi connectivity index (χ1) is 59.2. The number of phenols is 1. The molecule has 0 spiro atoms. The highest BCUT2D eigenvalue weighted by molar-refractivity contribution is 6.02. The summed E-state index contributed by atoms with van der Waals surface area (Å²) in [4.78, 5) is 282. The molecule has 0 fully saturated rings. The molecule has 1 rings (SSSR count). The highest BCUT2D eigenvalue weighted by Gasteiger charge is 2.40. The fourth-order valence-corrected chi connectivity index (χ4v) is 12.0. The maximum Gasteiger partial charge on any atom is 0.326 e. The summed E-state index contributed by atoms with van der Waals surface area (Å²) in [7, 11) is 0. The average molecular weight is 1810 g/mol. The Morgan fingerprint density at radius 1 is 0.370 bits per heavy atom.